The fourth-order valence-corrected chi connectivity index (χ4v) is 5.87. The molecule has 6 nitrogen and oxygen atoms in total. The average Bonchev–Trinajstić information content (AvgIpc) is 3.50. The lowest BCUT2D eigenvalue weighted by Crippen LogP contribution is -2.43. The Morgan fingerprint density at radius 1 is 1.24 bits per heavy atom. The summed E-state index contributed by atoms with van der Waals surface area (Å²) >= 11 is 1.31. The van der Waals surface area contributed by atoms with E-state index in [4.69, 9.17) is 4.42 Å². The highest BCUT2D eigenvalue weighted by molar-refractivity contribution is 8.00. The van der Waals surface area contributed by atoms with Crippen molar-refractivity contribution in [2.24, 2.45) is 17.8 Å². The molecule has 152 valence electrons. The maximum Gasteiger partial charge on any atom is 0.277 e. The molecule has 1 aromatic carbocycles. The molecular formula is C22H26N4O2S. The lowest BCUT2D eigenvalue weighted by Gasteiger charge is -2.29. The largest absolute Gasteiger partial charge is 0.411 e. The van der Waals surface area contributed by atoms with Gasteiger partial charge in [0, 0.05) is 23.1 Å². The first-order valence-electron chi connectivity index (χ1n) is 10.5. The van der Waals surface area contributed by atoms with Gasteiger partial charge in [0.25, 0.3) is 11.1 Å². The second-order valence-electron chi connectivity index (χ2n) is 8.52. The van der Waals surface area contributed by atoms with Gasteiger partial charge in [0.1, 0.15) is 0 Å². The van der Waals surface area contributed by atoms with Gasteiger partial charge in [-0.2, -0.15) is 0 Å². The summed E-state index contributed by atoms with van der Waals surface area (Å²) in [4.78, 5) is 15.9. The lowest BCUT2D eigenvalue weighted by molar-refractivity contribution is -0.121. The maximum atomic E-state index is 12.7. The summed E-state index contributed by atoms with van der Waals surface area (Å²) in [7, 11) is 0. The van der Waals surface area contributed by atoms with E-state index in [1.807, 2.05) is 37.4 Å². The predicted molar refractivity (Wildman–Crippen MR) is 113 cm³/mol. The Hall–Kier alpha value is -2.28. The Labute approximate surface area is 174 Å². The molecule has 29 heavy (non-hydrogen) atoms. The van der Waals surface area contributed by atoms with Crippen molar-refractivity contribution in [3.63, 3.8) is 0 Å². The molecule has 5 atom stereocenters. The highest BCUT2D eigenvalue weighted by Gasteiger charge is 2.42. The zero-order valence-corrected chi connectivity index (χ0v) is 17.5. The van der Waals surface area contributed by atoms with Crippen molar-refractivity contribution < 1.29 is 9.21 Å². The lowest BCUT2D eigenvalue weighted by atomic mass is 9.84. The minimum absolute atomic E-state index is 0.0390. The molecule has 1 amide bonds. The highest BCUT2D eigenvalue weighted by atomic mass is 32.2. The Balaban J connectivity index is 1.22. The molecule has 3 aromatic rings. The number of nitrogens with one attached hydrogen (secondary N) is 2. The third kappa shape index (κ3) is 3.56. The smallest absolute Gasteiger partial charge is 0.277 e. The molecule has 0 aliphatic heterocycles. The van der Waals surface area contributed by atoms with Gasteiger partial charge in [-0.25, -0.2) is 0 Å². The van der Waals surface area contributed by atoms with Gasteiger partial charge in [0.15, 0.2) is 0 Å². The van der Waals surface area contributed by atoms with E-state index in [0.29, 0.717) is 17.0 Å². The van der Waals surface area contributed by atoms with E-state index in [0.717, 1.165) is 28.3 Å². The number of carbonyl (C=O) groups excluding carboxylic acids is 1. The molecular weight excluding hydrogens is 384 g/mol. The van der Waals surface area contributed by atoms with Gasteiger partial charge >= 0.3 is 0 Å². The Morgan fingerprint density at radius 3 is 2.90 bits per heavy atom. The molecule has 2 saturated carbocycles. The SMILES string of the molecule is C[C@H](Sc1nnc(-c2c[nH]c3ccccc23)o1)C(=O)N[C@@H](C)[C@@H]1C[C@@H]2CC[C@@H]1C2. The van der Waals surface area contributed by atoms with Crippen LogP contribution in [0.5, 0.6) is 0 Å². The third-order valence-electron chi connectivity index (χ3n) is 6.68. The molecule has 0 saturated heterocycles. The number of aromatic amines is 1. The zero-order chi connectivity index (χ0) is 20.0. The van der Waals surface area contributed by atoms with Crippen LogP contribution in [0.3, 0.4) is 0 Å². The summed E-state index contributed by atoms with van der Waals surface area (Å²) in [6, 6.07) is 8.22. The van der Waals surface area contributed by atoms with Gasteiger partial charge in [0.05, 0.1) is 10.8 Å². The van der Waals surface area contributed by atoms with Crippen LogP contribution < -0.4 is 5.32 Å². The number of hydrogen-bond donors (Lipinski definition) is 2. The molecule has 2 aromatic heterocycles. The number of carbonyl (C=O) groups is 1. The summed E-state index contributed by atoms with van der Waals surface area (Å²) < 4.78 is 5.84. The highest BCUT2D eigenvalue weighted by Crippen LogP contribution is 2.49. The van der Waals surface area contributed by atoms with Crippen LogP contribution in [0.4, 0.5) is 0 Å². The molecule has 2 N–H and O–H groups in total. The van der Waals surface area contributed by atoms with Gasteiger partial charge < -0.3 is 14.7 Å². The second-order valence-corrected chi connectivity index (χ2v) is 9.81. The van der Waals surface area contributed by atoms with E-state index in [-0.39, 0.29) is 17.2 Å². The first kappa shape index (κ1) is 18.7. The molecule has 2 fully saturated rings. The second kappa shape index (κ2) is 7.52. The molecule has 0 spiro atoms. The number of benzene rings is 1. The number of nitrogens with zero attached hydrogens (tertiary/aromatic N) is 2. The molecule has 2 heterocycles. The van der Waals surface area contributed by atoms with Gasteiger partial charge in [-0.15, -0.1) is 10.2 Å². The summed E-state index contributed by atoms with van der Waals surface area (Å²) in [6.07, 6.45) is 7.21. The van der Waals surface area contributed by atoms with E-state index in [1.54, 1.807) is 0 Å². The minimum Gasteiger partial charge on any atom is -0.411 e. The Kier molecular flexibility index (Phi) is 4.86. The van der Waals surface area contributed by atoms with Gasteiger partial charge in [-0.05, 0) is 56.9 Å². The first-order chi connectivity index (χ1) is 14.1. The summed E-state index contributed by atoms with van der Waals surface area (Å²) in [6.45, 7) is 4.05. The first-order valence-corrected chi connectivity index (χ1v) is 11.3. The van der Waals surface area contributed by atoms with Gasteiger partial charge in [-0.3, -0.25) is 4.79 Å². The van der Waals surface area contributed by atoms with Crippen LogP contribution in [0, 0.1) is 17.8 Å². The Bertz CT molecular complexity index is 1030. The van der Waals surface area contributed by atoms with Crippen LogP contribution in [0.1, 0.15) is 39.5 Å². The normalized spacial score (nSPS) is 25.4. The monoisotopic (exact) mass is 410 g/mol. The van der Waals surface area contributed by atoms with Crippen molar-refractivity contribution in [3.8, 4) is 11.5 Å². The topological polar surface area (TPSA) is 83.8 Å². The molecule has 2 aliphatic carbocycles. The fraction of sp³-hybridized carbons (Fsp3) is 0.500. The minimum atomic E-state index is -0.285. The standard InChI is InChI=1S/C22H26N4O2S/c1-12(17-10-14-7-8-15(17)9-14)24-20(27)13(2)29-22-26-25-21(28-22)18-11-23-19-6-4-3-5-16(18)19/h3-6,11-15,17,23H,7-10H2,1-2H3,(H,24,27)/t12-,13-,14+,15+,17-/m0/s1. The zero-order valence-electron chi connectivity index (χ0n) is 16.7. The quantitative estimate of drug-likeness (QED) is 0.579. The van der Waals surface area contributed by atoms with Crippen LogP contribution >= 0.6 is 11.8 Å². The van der Waals surface area contributed by atoms with Crippen LogP contribution in [0.2, 0.25) is 0 Å². The number of para-hydroxylation sites is 1. The van der Waals surface area contributed by atoms with Crippen molar-refractivity contribution >= 4 is 28.6 Å². The number of fused-ring (bicyclic) bond motifs is 3. The molecule has 7 heteroatoms. The average molecular weight is 411 g/mol. The predicted octanol–water partition coefficient (Wildman–Crippen LogP) is 4.64. The van der Waals surface area contributed by atoms with E-state index >= 15 is 0 Å². The third-order valence-corrected chi connectivity index (χ3v) is 7.61. The molecule has 2 aliphatic rings. The van der Waals surface area contributed by atoms with Crippen LogP contribution in [-0.2, 0) is 4.79 Å². The number of amides is 1. The van der Waals surface area contributed by atoms with Crippen LogP contribution in [0.25, 0.3) is 22.4 Å². The van der Waals surface area contributed by atoms with E-state index in [9.17, 15) is 4.79 Å². The number of H-pyrrole nitrogens is 1. The van der Waals surface area contributed by atoms with Crippen LogP contribution in [-0.4, -0.2) is 32.4 Å². The summed E-state index contributed by atoms with van der Waals surface area (Å²) in [5, 5.41) is 12.7. The van der Waals surface area contributed by atoms with E-state index in [2.05, 4.69) is 27.4 Å². The maximum absolute atomic E-state index is 12.7. The van der Waals surface area contributed by atoms with Crippen LogP contribution in [0.15, 0.2) is 40.1 Å². The van der Waals surface area contributed by atoms with Crippen molar-refractivity contribution in [2.75, 3.05) is 0 Å². The number of rotatable bonds is 6. The van der Waals surface area contributed by atoms with Crippen molar-refractivity contribution in [2.45, 2.75) is 56.0 Å². The van der Waals surface area contributed by atoms with Gasteiger partial charge in [0.2, 0.25) is 5.91 Å². The number of thioether (sulfide) groups is 1. The Morgan fingerprint density at radius 2 is 2.10 bits per heavy atom. The van der Waals surface area contributed by atoms with Gasteiger partial charge in [-0.1, -0.05) is 36.4 Å². The fourth-order valence-electron chi connectivity index (χ4n) is 5.17. The summed E-state index contributed by atoms with van der Waals surface area (Å²) in [5.41, 5.74) is 1.90. The molecule has 0 radical (unpaired) electrons. The van der Waals surface area contributed by atoms with E-state index < -0.39 is 0 Å². The van der Waals surface area contributed by atoms with Crippen molar-refractivity contribution in [1.82, 2.24) is 20.5 Å². The molecule has 0 unspecified atom stereocenters. The number of hydrogen-bond acceptors (Lipinski definition) is 5. The molecule has 2 bridgehead atoms. The molecule has 5 rings (SSSR count). The van der Waals surface area contributed by atoms with Crippen molar-refractivity contribution in [1.29, 1.82) is 0 Å². The number of aromatic nitrogens is 3. The van der Waals surface area contributed by atoms with E-state index in [1.165, 1.54) is 37.4 Å². The summed E-state index contributed by atoms with van der Waals surface area (Å²) in [5.74, 6) is 2.82. The van der Waals surface area contributed by atoms with Crippen molar-refractivity contribution in [3.05, 3.63) is 30.5 Å².